The molecule has 0 bridgehead atoms. The predicted octanol–water partition coefficient (Wildman–Crippen LogP) is 1.08. The number of aryl methyl sites for hydroxylation is 1. The molecule has 2 aliphatic rings. The number of nitrogens with zero attached hydrogens (tertiary/aromatic N) is 5. The lowest BCUT2D eigenvalue weighted by atomic mass is 10.00. The van der Waals surface area contributed by atoms with Gasteiger partial charge in [0.1, 0.15) is 0 Å². The van der Waals surface area contributed by atoms with Gasteiger partial charge >= 0.3 is 0 Å². The fourth-order valence-electron chi connectivity index (χ4n) is 3.74. The minimum absolute atomic E-state index is 0.236. The molecule has 1 aromatic carbocycles. The zero-order chi connectivity index (χ0) is 17.9. The van der Waals surface area contributed by atoms with Crippen LogP contribution in [0.25, 0.3) is 0 Å². The Balaban J connectivity index is 1.25. The van der Waals surface area contributed by atoms with Crippen LogP contribution in [0.2, 0.25) is 0 Å². The van der Waals surface area contributed by atoms with E-state index in [0.717, 1.165) is 45.7 Å². The van der Waals surface area contributed by atoms with E-state index in [0.29, 0.717) is 24.8 Å². The second-order valence-electron chi connectivity index (χ2n) is 7.12. The van der Waals surface area contributed by atoms with Gasteiger partial charge in [-0.25, -0.2) is 0 Å². The summed E-state index contributed by atoms with van der Waals surface area (Å²) in [5.41, 5.74) is 2.77. The summed E-state index contributed by atoms with van der Waals surface area (Å²) in [6.07, 6.45) is 1.03. The molecule has 2 aromatic rings. The molecule has 1 amide bonds. The number of benzene rings is 1. The second kappa shape index (κ2) is 7.55. The lowest BCUT2D eigenvalue weighted by molar-refractivity contribution is -0.134. The van der Waals surface area contributed by atoms with Gasteiger partial charge in [0.05, 0.1) is 13.1 Å². The first-order valence-corrected chi connectivity index (χ1v) is 9.26. The maximum Gasteiger partial charge on any atom is 0.236 e. The first-order chi connectivity index (χ1) is 12.7. The molecule has 7 nitrogen and oxygen atoms in total. The van der Waals surface area contributed by atoms with Crippen LogP contribution in [0, 0.1) is 6.92 Å². The Hall–Kier alpha value is -2.25. The Morgan fingerprint density at radius 2 is 1.85 bits per heavy atom. The van der Waals surface area contributed by atoms with Gasteiger partial charge in [0.2, 0.25) is 11.8 Å². The van der Waals surface area contributed by atoms with Crippen molar-refractivity contribution in [1.29, 1.82) is 0 Å². The zero-order valence-corrected chi connectivity index (χ0v) is 15.2. The van der Waals surface area contributed by atoms with Crippen molar-refractivity contribution in [3.63, 3.8) is 0 Å². The Morgan fingerprint density at radius 3 is 2.58 bits per heavy atom. The van der Waals surface area contributed by atoms with E-state index in [2.05, 4.69) is 44.2 Å². The first-order valence-electron chi connectivity index (χ1n) is 9.26. The quantitative estimate of drug-likeness (QED) is 0.818. The number of piperazine rings is 1. The maximum atomic E-state index is 12.7. The Kier molecular flexibility index (Phi) is 4.99. The highest BCUT2D eigenvalue weighted by Gasteiger charge is 2.25. The van der Waals surface area contributed by atoms with Gasteiger partial charge in [-0.2, -0.15) is 4.98 Å². The fraction of sp³-hybridized carbons (Fsp3) is 0.526. The summed E-state index contributed by atoms with van der Waals surface area (Å²) < 4.78 is 5.02. The number of rotatable bonds is 4. The minimum Gasteiger partial charge on any atom is -0.340 e. The monoisotopic (exact) mass is 355 g/mol. The smallest absolute Gasteiger partial charge is 0.236 e. The molecule has 4 rings (SSSR count). The van der Waals surface area contributed by atoms with Crippen molar-refractivity contribution in [3.05, 3.63) is 47.1 Å². The SMILES string of the molecule is Cc1nc(CN2CCN(C(=O)CN3CCc4ccccc4C3)CC2)no1. The van der Waals surface area contributed by atoms with E-state index in [1.54, 1.807) is 6.92 Å². The number of fused-ring (bicyclic) bond motifs is 1. The van der Waals surface area contributed by atoms with Gasteiger partial charge in [0.15, 0.2) is 5.82 Å². The molecular formula is C19H25N5O2. The third-order valence-corrected chi connectivity index (χ3v) is 5.23. The van der Waals surface area contributed by atoms with Crippen LogP contribution in [0.5, 0.6) is 0 Å². The molecule has 0 N–H and O–H groups in total. The zero-order valence-electron chi connectivity index (χ0n) is 15.2. The number of hydrogen-bond donors (Lipinski definition) is 0. The molecule has 1 aromatic heterocycles. The topological polar surface area (TPSA) is 65.7 Å². The maximum absolute atomic E-state index is 12.7. The minimum atomic E-state index is 0.236. The van der Waals surface area contributed by atoms with Crippen LogP contribution >= 0.6 is 0 Å². The first kappa shape index (κ1) is 17.2. The summed E-state index contributed by atoms with van der Waals surface area (Å²) in [4.78, 5) is 23.4. The number of hydrogen-bond acceptors (Lipinski definition) is 6. The van der Waals surface area contributed by atoms with E-state index in [4.69, 9.17) is 4.52 Å². The van der Waals surface area contributed by atoms with Crippen molar-refractivity contribution in [3.8, 4) is 0 Å². The van der Waals surface area contributed by atoms with Crippen LogP contribution in [0.3, 0.4) is 0 Å². The molecular weight excluding hydrogens is 330 g/mol. The van der Waals surface area contributed by atoms with E-state index in [9.17, 15) is 4.79 Å². The number of carbonyl (C=O) groups excluding carboxylic acids is 1. The molecule has 2 aliphatic heterocycles. The number of aromatic nitrogens is 2. The highest BCUT2D eigenvalue weighted by atomic mass is 16.5. The van der Waals surface area contributed by atoms with E-state index < -0.39 is 0 Å². The third kappa shape index (κ3) is 3.94. The van der Waals surface area contributed by atoms with Crippen molar-refractivity contribution in [2.45, 2.75) is 26.4 Å². The van der Waals surface area contributed by atoms with Gasteiger partial charge < -0.3 is 9.42 Å². The van der Waals surface area contributed by atoms with Crippen molar-refractivity contribution in [2.24, 2.45) is 0 Å². The van der Waals surface area contributed by atoms with Gasteiger partial charge in [-0.1, -0.05) is 29.4 Å². The highest BCUT2D eigenvalue weighted by molar-refractivity contribution is 5.78. The third-order valence-electron chi connectivity index (χ3n) is 5.23. The van der Waals surface area contributed by atoms with Crippen LogP contribution in [0.15, 0.2) is 28.8 Å². The second-order valence-corrected chi connectivity index (χ2v) is 7.12. The summed E-state index contributed by atoms with van der Waals surface area (Å²) >= 11 is 0. The number of amides is 1. The van der Waals surface area contributed by atoms with Gasteiger partial charge in [0.25, 0.3) is 0 Å². The molecule has 0 radical (unpaired) electrons. The summed E-state index contributed by atoms with van der Waals surface area (Å²) in [5.74, 6) is 1.55. The summed E-state index contributed by atoms with van der Waals surface area (Å²) in [5, 5.41) is 3.94. The molecule has 0 atom stereocenters. The summed E-state index contributed by atoms with van der Waals surface area (Å²) in [7, 11) is 0. The van der Waals surface area contributed by atoms with Gasteiger partial charge in [0, 0.05) is 46.2 Å². The number of carbonyl (C=O) groups is 1. The molecule has 0 unspecified atom stereocenters. The van der Waals surface area contributed by atoms with Crippen LogP contribution in [0.1, 0.15) is 22.8 Å². The van der Waals surface area contributed by atoms with Crippen LogP contribution < -0.4 is 0 Å². The Bertz CT molecular complexity index is 767. The largest absolute Gasteiger partial charge is 0.340 e. The van der Waals surface area contributed by atoms with Crippen LogP contribution in [-0.2, 0) is 24.3 Å². The molecule has 0 saturated carbocycles. The summed E-state index contributed by atoms with van der Waals surface area (Å²) in [6.45, 7) is 8.05. The highest BCUT2D eigenvalue weighted by Crippen LogP contribution is 2.18. The fourth-order valence-corrected chi connectivity index (χ4v) is 3.74. The normalized spacial score (nSPS) is 18.7. The van der Waals surface area contributed by atoms with E-state index in [1.165, 1.54) is 11.1 Å². The predicted molar refractivity (Wildman–Crippen MR) is 96.3 cm³/mol. The average molecular weight is 355 g/mol. The lowest BCUT2D eigenvalue weighted by Crippen LogP contribution is -2.51. The van der Waals surface area contributed by atoms with Crippen molar-refractivity contribution >= 4 is 5.91 Å². The van der Waals surface area contributed by atoms with Gasteiger partial charge in [-0.3, -0.25) is 14.6 Å². The van der Waals surface area contributed by atoms with E-state index in [1.807, 2.05) is 4.90 Å². The molecule has 26 heavy (non-hydrogen) atoms. The molecule has 1 saturated heterocycles. The molecule has 138 valence electrons. The van der Waals surface area contributed by atoms with Crippen molar-refractivity contribution in [2.75, 3.05) is 39.3 Å². The van der Waals surface area contributed by atoms with E-state index >= 15 is 0 Å². The molecule has 3 heterocycles. The average Bonchev–Trinajstić information content (AvgIpc) is 3.07. The molecule has 0 aliphatic carbocycles. The molecule has 1 fully saturated rings. The summed E-state index contributed by atoms with van der Waals surface area (Å²) in [6, 6.07) is 8.53. The molecule has 7 heteroatoms. The van der Waals surface area contributed by atoms with Gasteiger partial charge in [-0.05, 0) is 17.5 Å². The van der Waals surface area contributed by atoms with Crippen LogP contribution in [0.4, 0.5) is 0 Å². The lowest BCUT2D eigenvalue weighted by Gasteiger charge is -2.36. The Morgan fingerprint density at radius 1 is 1.08 bits per heavy atom. The van der Waals surface area contributed by atoms with E-state index in [-0.39, 0.29) is 5.91 Å². The van der Waals surface area contributed by atoms with Crippen molar-refractivity contribution < 1.29 is 9.32 Å². The molecule has 0 spiro atoms. The van der Waals surface area contributed by atoms with Crippen LogP contribution in [-0.4, -0.2) is 70.0 Å². The van der Waals surface area contributed by atoms with Gasteiger partial charge in [-0.15, -0.1) is 0 Å². The standard InChI is InChI=1S/C19H25N5O2/c1-15-20-18(21-26-15)13-22-8-10-24(11-9-22)19(25)14-23-7-6-16-4-2-3-5-17(16)12-23/h2-5H,6-14H2,1H3. The van der Waals surface area contributed by atoms with Crippen molar-refractivity contribution in [1.82, 2.24) is 24.8 Å². The Labute approximate surface area is 153 Å².